The summed E-state index contributed by atoms with van der Waals surface area (Å²) in [7, 11) is 1.06. The van der Waals surface area contributed by atoms with Crippen LogP contribution in [0.15, 0.2) is 11.8 Å². The maximum Gasteiger partial charge on any atom is 0.373 e. The third-order valence-electron chi connectivity index (χ3n) is 5.05. The number of methoxy groups -OCH3 is 1. The Kier molecular flexibility index (Phi) is 10.6. The number of carbonyl (C=O) groups is 6. The Labute approximate surface area is 217 Å². The second-order valence-corrected chi connectivity index (χ2v) is 8.22. The topological polar surface area (TPSA) is 185 Å². The fourth-order valence-electron chi connectivity index (χ4n) is 3.77. The summed E-state index contributed by atoms with van der Waals surface area (Å²) in [6, 6.07) is 0. The van der Waals surface area contributed by atoms with Crippen LogP contribution in [0.4, 0.5) is 0 Å². The average molecular weight is 546 g/mol. The van der Waals surface area contributed by atoms with Crippen molar-refractivity contribution in [3.63, 3.8) is 0 Å². The summed E-state index contributed by atoms with van der Waals surface area (Å²) < 4.78 is 48.2. The molecule has 2 heterocycles. The van der Waals surface area contributed by atoms with Gasteiger partial charge in [-0.05, 0) is 6.92 Å². The van der Waals surface area contributed by atoms with Gasteiger partial charge in [-0.1, -0.05) is 0 Å². The molecule has 0 radical (unpaired) electrons. The van der Waals surface area contributed by atoms with Crippen LogP contribution in [-0.4, -0.2) is 92.1 Å². The Hall–Kier alpha value is -3.72. The highest BCUT2D eigenvalue weighted by atomic mass is 16.8. The predicted octanol–water partition coefficient (Wildman–Crippen LogP) is -0.180. The molecule has 2 aliphatic heterocycles. The minimum Gasteiger partial charge on any atom is -0.463 e. The average Bonchev–Trinajstić information content (AvgIpc) is 2.78. The quantitative estimate of drug-likeness (QED) is 0.288. The molecule has 0 aromatic carbocycles. The van der Waals surface area contributed by atoms with Gasteiger partial charge in [0.2, 0.25) is 24.4 Å². The second-order valence-electron chi connectivity index (χ2n) is 8.22. The van der Waals surface area contributed by atoms with Crippen molar-refractivity contribution in [3.8, 4) is 0 Å². The van der Waals surface area contributed by atoms with E-state index in [1.807, 2.05) is 0 Å². The molecule has 38 heavy (non-hydrogen) atoms. The SMILES string of the molecule is COC(=O)C1=C[C@H](OC(C)=O)[C@@H](OC(C)=O)[C@@H](O[C@H]2C(OC(C)=O)O[C@@H](C)[C@H](OC(C)=O)[C@H]2OC(C)=O)O1. The number of esters is 6. The lowest BCUT2D eigenvalue weighted by Gasteiger charge is -2.45. The first kappa shape index (κ1) is 30.5. The van der Waals surface area contributed by atoms with E-state index >= 15 is 0 Å². The Bertz CT molecular complexity index is 972. The van der Waals surface area contributed by atoms with Crippen molar-refractivity contribution in [2.75, 3.05) is 7.11 Å². The van der Waals surface area contributed by atoms with Crippen LogP contribution >= 0.6 is 0 Å². The maximum atomic E-state index is 12.3. The fourth-order valence-corrected chi connectivity index (χ4v) is 3.77. The molecule has 0 aromatic rings. The molecule has 212 valence electrons. The summed E-state index contributed by atoms with van der Waals surface area (Å²) >= 11 is 0. The molecule has 1 unspecified atom stereocenters. The minimum absolute atomic E-state index is 0.471. The summed E-state index contributed by atoms with van der Waals surface area (Å²) in [5.41, 5.74) is 0. The molecule has 2 aliphatic rings. The normalized spacial score (nSPS) is 30.4. The molecule has 0 N–H and O–H groups in total. The highest BCUT2D eigenvalue weighted by molar-refractivity contribution is 5.86. The largest absolute Gasteiger partial charge is 0.463 e. The highest BCUT2D eigenvalue weighted by Gasteiger charge is 2.54. The van der Waals surface area contributed by atoms with Crippen molar-refractivity contribution in [3.05, 3.63) is 11.8 Å². The van der Waals surface area contributed by atoms with Gasteiger partial charge in [0.1, 0.15) is 0 Å². The zero-order chi connectivity index (χ0) is 28.7. The molecule has 0 aliphatic carbocycles. The monoisotopic (exact) mass is 546 g/mol. The van der Waals surface area contributed by atoms with Gasteiger partial charge in [0.25, 0.3) is 0 Å². The molecule has 15 nitrogen and oxygen atoms in total. The molecule has 15 heteroatoms. The molecule has 0 spiro atoms. The van der Waals surface area contributed by atoms with Gasteiger partial charge in [-0.2, -0.15) is 0 Å². The Morgan fingerprint density at radius 3 is 1.66 bits per heavy atom. The van der Waals surface area contributed by atoms with Crippen LogP contribution < -0.4 is 0 Å². The van der Waals surface area contributed by atoms with Gasteiger partial charge in [-0.25, -0.2) is 4.79 Å². The van der Waals surface area contributed by atoms with Gasteiger partial charge in [0.05, 0.1) is 13.2 Å². The first-order valence-electron chi connectivity index (χ1n) is 11.4. The van der Waals surface area contributed by atoms with E-state index in [0.717, 1.165) is 47.8 Å². The van der Waals surface area contributed by atoms with E-state index in [4.69, 9.17) is 37.9 Å². The lowest BCUT2D eigenvalue weighted by Crippen LogP contribution is -2.63. The zero-order valence-corrected chi connectivity index (χ0v) is 21.8. The van der Waals surface area contributed by atoms with Gasteiger partial charge in [-0.15, -0.1) is 0 Å². The number of rotatable bonds is 8. The molecule has 0 bridgehead atoms. The number of hydrogen-bond donors (Lipinski definition) is 0. The Morgan fingerprint density at radius 1 is 0.658 bits per heavy atom. The van der Waals surface area contributed by atoms with E-state index < -0.39 is 90.8 Å². The van der Waals surface area contributed by atoms with Crippen LogP contribution in [-0.2, 0) is 71.4 Å². The van der Waals surface area contributed by atoms with Crippen molar-refractivity contribution in [2.45, 2.75) is 90.7 Å². The van der Waals surface area contributed by atoms with Crippen LogP contribution in [0.25, 0.3) is 0 Å². The van der Waals surface area contributed by atoms with E-state index in [-0.39, 0.29) is 0 Å². The minimum atomic E-state index is -1.74. The van der Waals surface area contributed by atoms with Crippen molar-refractivity contribution in [2.24, 2.45) is 0 Å². The lowest BCUT2D eigenvalue weighted by molar-refractivity contribution is -0.333. The van der Waals surface area contributed by atoms with E-state index in [1.165, 1.54) is 6.92 Å². The van der Waals surface area contributed by atoms with Crippen molar-refractivity contribution < 1.29 is 71.4 Å². The van der Waals surface area contributed by atoms with Gasteiger partial charge in [0.15, 0.2) is 24.4 Å². The smallest absolute Gasteiger partial charge is 0.373 e. The van der Waals surface area contributed by atoms with Gasteiger partial charge in [-0.3, -0.25) is 24.0 Å². The number of ether oxygens (including phenoxy) is 9. The van der Waals surface area contributed by atoms with E-state index in [9.17, 15) is 28.8 Å². The van der Waals surface area contributed by atoms with Gasteiger partial charge >= 0.3 is 35.8 Å². The van der Waals surface area contributed by atoms with Crippen LogP contribution in [0.3, 0.4) is 0 Å². The standard InChI is InChI=1S/C23H30O15/c1-9-17(33-11(3)25)19(35-13(5)27)20(23(31-9)36-14(6)28)38-22-18(34-12(4)26)15(32-10(2)24)8-16(37-22)21(29)30-7/h8-9,15,17-20,22-23H,1-7H3/t9-,15-,17-,18+,19+,20+,22+,23?/m0/s1. The first-order valence-corrected chi connectivity index (χ1v) is 11.4. The van der Waals surface area contributed by atoms with Crippen molar-refractivity contribution in [1.82, 2.24) is 0 Å². The van der Waals surface area contributed by atoms with Gasteiger partial charge < -0.3 is 42.6 Å². The third kappa shape index (κ3) is 8.14. The highest BCUT2D eigenvalue weighted by Crippen LogP contribution is 2.33. The van der Waals surface area contributed by atoms with E-state index in [1.54, 1.807) is 0 Å². The Balaban J connectivity index is 2.58. The first-order chi connectivity index (χ1) is 17.7. The molecule has 1 fully saturated rings. The molecule has 0 aromatic heterocycles. The zero-order valence-electron chi connectivity index (χ0n) is 21.8. The number of hydrogen-bond acceptors (Lipinski definition) is 15. The second kappa shape index (κ2) is 13.2. The molecule has 8 atom stereocenters. The lowest BCUT2D eigenvalue weighted by atomic mass is 9.98. The summed E-state index contributed by atoms with van der Waals surface area (Å²) in [4.78, 5) is 71.5. The molecule has 0 amide bonds. The summed E-state index contributed by atoms with van der Waals surface area (Å²) in [5.74, 6) is -5.46. The molecular formula is C23H30O15. The fraction of sp³-hybridized carbons (Fsp3) is 0.652. The molecule has 0 saturated carbocycles. The van der Waals surface area contributed by atoms with Crippen molar-refractivity contribution >= 4 is 35.8 Å². The Morgan fingerprint density at radius 2 is 1.16 bits per heavy atom. The summed E-state index contributed by atoms with van der Waals surface area (Å²) in [6.07, 6.45) is -10.4. The van der Waals surface area contributed by atoms with Crippen LogP contribution in [0, 0.1) is 0 Å². The summed E-state index contributed by atoms with van der Waals surface area (Å²) in [5, 5.41) is 0. The summed E-state index contributed by atoms with van der Waals surface area (Å²) in [6.45, 7) is 6.89. The van der Waals surface area contributed by atoms with Crippen LogP contribution in [0.2, 0.25) is 0 Å². The number of carbonyl (C=O) groups excluding carboxylic acids is 6. The van der Waals surface area contributed by atoms with Crippen molar-refractivity contribution in [1.29, 1.82) is 0 Å². The van der Waals surface area contributed by atoms with E-state index in [2.05, 4.69) is 4.74 Å². The maximum absolute atomic E-state index is 12.3. The molecule has 1 saturated heterocycles. The van der Waals surface area contributed by atoms with Gasteiger partial charge in [0, 0.05) is 40.7 Å². The predicted molar refractivity (Wildman–Crippen MR) is 118 cm³/mol. The molecule has 2 rings (SSSR count). The van der Waals surface area contributed by atoms with Crippen LogP contribution in [0.5, 0.6) is 0 Å². The van der Waals surface area contributed by atoms with E-state index in [0.29, 0.717) is 0 Å². The molecular weight excluding hydrogens is 516 g/mol. The van der Waals surface area contributed by atoms with Crippen LogP contribution in [0.1, 0.15) is 41.5 Å². The third-order valence-corrected chi connectivity index (χ3v) is 5.05.